The van der Waals surface area contributed by atoms with Gasteiger partial charge in [-0.05, 0) is 40.2 Å². The molecule has 110 valence electrons. The van der Waals surface area contributed by atoms with E-state index in [0.717, 1.165) is 0 Å². The van der Waals surface area contributed by atoms with Gasteiger partial charge in [0.2, 0.25) is 0 Å². The average Bonchev–Trinajstić information content (AvgIpc) is 2.48. The van der Waals surface area contributed by atoms with E-state index in [-0.39, 0.29) is 10.0 Å². The van der Waals surface area contributed by atoms with Gasteiger partial charge >= 0.3 is 0 Å². The number of carbonyl (C=O) groups excluding carboxylic acids is 1. The van der Waals surface area contributed by atoms with Crippen molar-refractivity contribution >= 4 is 27.5 Å². The lowest BCUT2D eigenvalue weighted by molar-refractivity contribution is 0.102. The molecule has 2 rings (SSSR count). The van der Waals surface area contributed by atoms with E-state index in [0.29, 0.717) is 24.6 Å². The van der Waals surface area contributed by atoms with E-state index < -0.39 is 11.7 Å². The highest BCUT2D eigenvalue weighted by Crippen LogP contribution is 2.21. The lowest BCUT2D eigenvalue weighted by atomic mass is 10.2. The molecule has 6 heteroatoms. The summed E-state index contributed by atoms with van der Waals surface area (Å²) in [7, 11) is 0. The molecular formula is C15H14BrFN2O2. The zero-order chi connectivity index (χ0) is 15.2. The van der Waals surface area contributed by atoms with E-state index in [2.05, 4.69) is 21.2 Å². The number of carbonyl (C=O) groups is 1. The largest absolute Gasteiger partial charge is 0.492 e. The number of benzene rings is 2. The Labute approximate surface area is 130 Å². The summed E-state index contributed by atoms with van der Waals surface area (Å²) in [6.07, 6.45) is 0. The first-order valence-corrected chi connectivity index (χ1v) is 7.09. The van der Waals surface area contributed by atoms with E-state index in [9.17, 15) is 9.18 Å². The van der Waals surface area contributed by atoms with Crippen LogP contribution in [0.2, 0.25) is 0 Å². The molecule has 1 amide bonds. The van der Waals surface area contributed by atoms with Crippen molar-refractivity contribution in [3.8, 4) is 5.75 Å². The molecule has 0 aromatic heterocycles. The van der Waals surface area contributed by atoms with Crippen LogP contribution in [0.1, 0.15) is 10.4 Å². The summed E-state index contributed by atoms with van der Waals surface area (Å²) in [6, 6.07) is 11.4. The first-order valence-electron chi connectivity index (χ1n) is 6.30. The topological polar surface area (TPSA) is 64.3 Å². The number of hydrogen-bond acceptors (Lipinski definition) is 3. The molecule has 0 aliphatic heterocycles. The third-order valence-electron chi connectivity index (χ3n) is 2.67. The van der Waals surface area contributed by atoms with Crippen LogP contribution in [-0.2, 0) is 0 Å². The Kier molecular flexibility index (Phi) is 5.30. The number of nitrogens with two attached hydrogens (primary N) is 1. The van der Waals surface area contributed by atoms with Crippen LogP contribution < -0.4 is 15.8 Å². The second kappa shape index (κ2) is 7.19. The monoisotopic (exact) mass is 352 g/mol. The summed E-state index contributed by atoms with van der Waals surface area (Å²) in [4.78, 5) is 12.1. The van der Waals surface area contributed by atoms with Crippen molar-refractivity contribution in [3.63, 3.8) is 0 Å². The lowest BCUT2D eigenvalue weighted by Crippen LogP contribution is -2.14. The summed E-state index contributed by atoms with van der Waals surface area (Å²) in [5.41, 5.74) is 5.85. The van der Waals surface area contributed by atoms with Crippen LogP contribution in [-0.4, -0.2) is 19.1 Å². The predicted molar refractivity (Wildman–Crippen MR) is 83.0 cm³/mol. The summed E-state index contributed by atoms with van der Waals surface area (Å²) in [5, 5.41) is 2.63. The minimum atomic E-state index is -0.592. The second-order valence-corrected chi connectivity index (χ2v) is 5.07. The lowest BCUT2D eigenvalue weighted by Gasteiger charge is -2.09. The summed E-state index contributed by atoms with van der Waals surface area (Å²) < 4.78 is 19.5. The van der Waals surface area contributed by atoms with Gasteiger partial charge in [-0.15, -0.1) is 0 Å². The molecule has 3 N–H and O–H groups in total. The van der Waals surface area contributed by atoms with Crippen molar-refractivity contribution in [1.29, 1.82) is 0 Å². The fourth-order valence-corrected chi connectivity index (χ4v) is 2.08. The van der Waals surface area contributed by atoms with Gasteiger partial charge < -0.3 is 15.8 Å². The molecule has 0 unspecified atom stereocenters. The fraction of sp³-hybridized carbons (Fsp3) is 0.133. The van der Waals surface area contributed by atoms with Gasteiger partial charge in [0.25, 0.3) is 5.91 Å². The Bertz CT molecular complexity index is 649. The maximum atomic E-state index is 13.9. The molecule has 0 spiro atoms. The Morgan fingerprint density at radius 2 is 2.05 bits per heavy atom. The smallest absolute Gasteiger partial charge is 0.258 e. The van der Waals surface area contributed by atoms with Gasteiger partial charge in [-0.25, -0.2) is 4.39 Å². The minimum Gasteiger partial charge on any atom is -0.492 e. The molecule has 21 heavy (non-hydrogen) atoms. The highest BCUT2D eigenvalue weighted by molar-refractivity contribution is 9.10. The van der Waals surface area contributed by atoms with Crippen LogP contribution in [0.15, 0.2) is 46.9 Å². The molecule has 2 aromatic carbocycles. The number of amides is 1. The minimum absolute atomic E-state index is 0.0299. The molecule has 0 saturated heterocycles. The first-order chi connectivity index (χ1) is 10.1. The van der Waals surface area contributed by atoms with E-state index in [1.165, 1.54) is 12.1 Å². The number of rotatable bonds is 5. The molecule has 0 fully saturated rings. The fourth-order valence-electron chi connectivity index (χ4n) is 1.72. The first kappa shape index (κ1) is 15.5. The molecule has 0 radical (unpaired) electrons. The molecule has 4 nitrogen and oxygen atoms in total. The molecule has 0 aliphatic carbocycles. The van der Waals surface area contributed by atoms with Crippen molar-refractivity contribution in [3.05, 3.63) is 58.3 Å². The Morgan fingerprint density at radius 3 is 2.81 bits per heavy atom. The van der Waals surface area contributed by atoms with Crippen molar-refractivity contribution in [2.24, 2.45) is 5.73 Å². The predicted octanol–water partition coefficient (Wildman–Crippen LogP) is 3.18. The van der Waals surface area contributed by atoms with E-state index >= 15 is 0 Å². The zero-order valence-electron chi connectivity index (χ0n) is 11.1. The Morgan fingerprint density at radius 1 is 1.29 bits per heavy atom. The van der Waals surface area contributed by atoms with E-state index in [1.54, 1.807) is 30.3 Å². The van der Waals surface area contributed by atoms with Gasteiger partial charge in [-0.3, -0.25) is 4.79 Å². The van der Waals surface area contributed by atoms with Crippen LogP contribution in [0.4, 0.5) is 10.1 Å². The van der Waals surface area contributed by atoms with Gasteiger partial charge in [0.05, 0.1) is 10.0 Å². The van der Waals surface area contributed by atoms with Crippen LogP contribution in [0.5, 0.6) is 5.75 Å². The van der Waals surface area contributed by atoms with Crippen LogP contribution in [0, 0.1) is 5.82 Å². The highest BCUT2D eigenvalue weighted by atomic mass is 79.9. The number of nitrogens with one attached hydrogen (secondary N) is 1. The summed E-state index contributed by atoms with van der Waals surface area (Å²) >= 11 is 3.05. The van der Waals surface area contributed by atoms with Crippen LogP contribution >= 0.6 is 15.9 Å². The second-order valence-electron chi connectivity index (χ2n) is 4.22. The Hall–Kier alpha value is -1.92. The van der Waals surface area contributed by atoms with Gasteiger partial charge in [0.1, 0.15) is 18.2 Å². The number of anilines is 1. The van der Waals surface area contributed by atoms with Crippen molar-refractivity contribution < 1.29 is 13.9 Å². The van der Waals surface area contributed by atoms with Gasteiger partial charge in [0, 0.05) is 18.3 Å². The van der Waals surface area contributed by atoms with E-state index in [4.69, 9.17) is 10.5 Å². The summed E-state index contributed by atoms with van der Waals surface area (Å²) in [5.74, 6) is -0.525. The van der Waals surface area contributed by atoms with Crippen LogP contribution in [0.25, 0.3) is 0 Å². The van der Waals surface area contributed by atoms with Gasteiger partial charge in [0.15, 0.2) is 0 Å². The normalized spacial score (nSPS) is 10.2. The maximum absolute atomic E-state index is 13.9. The third kappa shape index (κ3) is 4.03. The average molecular weight is 353 g/mol. The number of halogens is 2. The highest BCUT2D eigenvalue weighted by Gasteiger charge is 2.14. The number of ether oxygens (including phenoxy) is 1. The molecule has 0 bridgehead atoms. The quantitative estimate of drug-likeness (QED) is 0.868. The zero-order valence-corrected chi connectivity index (χ0v) is 12.7. The van der Waals surface area contributed by atoms with Gasteiger partial charge in [-0.1, -0.05) is 12.1 Å². The van der Waals surface area contributed by atoms with Gasteiger partial charge in [-0.2, -0.15) is 0 Å². The van der Waals surface area contributed by atoms with Crippen molar-refractivity contribution in [2.75, 3.05) is 18.5 Å². The molecule has 2 aromatic rings. The number of hydrogen-bond donors (Lipinski definition) is 2. The summed E-state index contributed by atoms with van der Waals surface area (Å²) in [6.45, 7) is 0.789. The van der Waals surface area contributed by atoms with Crippen LogP contribution in [0.3, 0.4) is 0 Å². The molecule has 0 atom stereocenters. The SMILES string of the molecule is NCCOc1cccc(NC(=O)c2cccc(Br)c2F)c1. The Balaban J connectivity index is 2.14. The molecule has 0 saturated carbocycles. The van der Waals surface area contributed by atoms with Crippen molar-refractivity contribution in [1.82, 2.24) is 0 Å². The third-order valence-corrected chi connectivity index (χ3v) is 3.29. The van der Waals surface area contributed by atoms with E-state index in [1.807, 2.05) is 0 Å². The standard InChI is InChI=1S/C15H14BrFN2O2/c16-13-6-2-5-12(14(13)17)15(20)19-10-3-1-4-11(9-10)21-8-7-18/h1-6,9H,7-8,18H2,(H,19,20). The maximum Gasteiger partial charge on any atom is 0.258 e. The molecular weight excluding hydrogens is 339 g/mol. The molecule has 0 aliphatic rings. The molecule has 0 heterocycles. The van der Waals surface area contributed by atoms with Crippen molar-refractivity contribution in [2.45, 2.75) is 0 Å².